The molecule has 2 aromatic rings. The number of fused-ring (bicyclic) bond motifs is 1. The first kappa shape index (κ1) is 20.8. The molecule has 2 heterocycles. The van der Waals surface area contributed by atoms with Gasteiger partial charge in [-0.3, -0.25) is 14.3 Å². The van der Waals surface area contributed by atoms with Crippen molar-refractivity contribution >= 4 is 34.5 Å². The Balaban J connectivity index is 2.27. The lowest BCUT2D eigenvalue weighted by Crippen LogP contribution is -2.29. The first-order chi connectivity index (χ1) is 12.5. The molecule has 0 saturated heterocycles. The van der Waals surface area contributed by atoms with Crippen LogP contribution in [0.3, 0.4) is 0 Å². The van der Waals surface area contributed by atoms with Gasteiger partial charge in [0.2, 0.25) is 0 Å². The van der Waals surface area contributed by atoms with Crippen molar-refractivity contribution in [1.82, 2.24) is 19.1 Å². The highest BCUT2D eigenvalue weighted by Crippen LogP contribution is 2.23. The third-order valence-electron chi connectivity index (χ3n) is 4.28. The zero-order valence-corrected chi connectivity index (χ0v) is 17.3. The maximum Gasteiger partial charge on any atom is 0.329 e. The van der Waals surface area contributed by atoms with Crippen molar-refractivity contribution in [3.05, 3.63) is 31.9 Å². The van der Waals surface area contributed by atoms with Crippen LogP contribution in [0.25, 0.3) is 11.2 Å². The highest BCUT2D eigenvalue weighted by atomic mass is 35.5. The van der Waals surface area contributed by atoms with E-state index >= 15 is 0 Å². The molecule has 2 aromatic heterocycles. The van der Waals surface area contributed by atoms with Gasteiger partial charge in [0.05, 0.1) is 0 Å². The maximum absolute atomic E-state index is 12.4. The van der Waals surface area contributed by atoms with Gasteiger partial charge in [0, 0.05) is 24.4 Å². The Bertz CT molecular complexity index is 878. The number of allylic oxidation sites excluding steroid dienone is 1. The average Bonchev–Trinajstić information content (AvgIpc) is 2.95. The SMILES string of the molecule is CCCCCCCCn1c(SC/C=C(/C)Cl)nc2c1c(=O)[nH]c(=O)n2C. The van der Waals surface area contributed by atoms with Crippen LogP contribution in [-0.4, -0.2) is 24.9 Å². The summed E-state index contributed by atoms with van der Waals surface area (Å²) in [6.45, 7) is 4.75. The van der Waals surface area contributed by atoms with Crippen LogP contribution < -0.4 is 11.2 Å². The molecule has 0 unspecified atom stereocenters. The van der Waals surface area contributed by atoms with Crippen molar-refractivity contribution in [2.45, 2.75) is 64.1 Å². The largest absolute Gasteiger partial charge is 0.329 e. The number of nitrogens with zero attached hydrogens (tertiary/aromatic N) is 3. The lowest BCUT2D eigenvalue weighted by molar-refractivity contribution is 0.544. The van der Waals surface area contributed by atoms with Crippen molar-refractivity contribution in [2.24, 2.45) is 7.05 Å². The molecule has 0 aliphatic rings. The quantitative estimate of drug-likeness (QED) is 0.484. The summed E-state index contributed by atoms with van der Waals surface area (Å²) in [4.78, 5) is 31.2. The van der Waals surface area contributed by atoms with Gasteiger partial charge >= 0.3 is 5.69 Å². The average molecular weight is 399 g/mol. The Morgan fingerprint density at radius 1 is 1.23 bits per heavy atom. The number of aromatic amines is 1. The van der Waals surface area contributed by atoms with Crippen molar-refractivity contribution < 1.29 is 0 Å². The van der Waals surface area contributed by atoms with E-state index in [0.29, 0.717) is 16.9 Å². The van der Waals surface area contributed by atoms with Gasteiger partial charge in [-0.1, -0.05) is 68.5 Å². The van der Waals surface area contributed by atoms with Gasteiger partial charge in [0.15, 0.2) is 16.3 Å². The van der Waals surface area contributed by atoms with Crippen molar-refractivity contribution in [2.75, 3.05) is 5.75 Å². The molecule has 1 N–H and O–H groups in total. The zero-order valence-electron chi connectivity index (χ0n) is 15.7. The first-order valence-electron chi connectivity index (χ1n) is 9.10. The first-order valence-corrected chi connectivity index (χ1v) is 10.5. The summed E-state index contributed by atoms with van der Waals surface area (Å²) in [7, 11) is 1.62. The lowest BCUT2D eigenvalue weighted by Gasteiger charge is -2.08. The van der Waals surface area contributed by atoms with Crippen LogP contribution in [-0.2, 0) is 13.6 Å². The maximum atomic E-state index is 12.4. The normalized spacial score (nSPS) is 12.2. The summed E-state index contributed by atoms with van der Waals surface area (Å²) in [5.41, 5.74) is 0.0748. The van der Waals surface area contributed by atoms with Gasteiger partial charge in [-0.05, 0) is 13.3 Å². The highest BCUT2D eigenvalue weighted by Gasteiger charge is 2.17. The van der Waals surface area contributed by atoms with Gasteiger partial charge in [0.25, 0.3) is 5.56 Å². The van der Waals surface area contributed by atoms with E-state index in [0.717, 1.165) is 29.6 Å². The number of nitrogens with one attached hydrogen (secondary N) is 1. The summed E-state index contributed by atoms with van der Waals surface area (Å²) in [6, 6.07) is 0. The molecule has 6 nitrogen and oxygen atoms in total. The molecule has 0 bridgehead atoms. The number of H-pyrrole nitrogens is 1. The third kappa shape index (κ3) is 5.27. The minimum atomic E-state index is -0.445. The van der Waals surface area contributed by atoms with E-state index in [1.54, 1.807) is 7.05 Å². The smallest absolute Gasteiger partial charge is 0.313 e. The topological polar surface area (TPSA) is 72.7 Å². The minimum absolute atomic E-state index is 0.377. The Morgan fingerprint density at radius 2 is 1.92 bits per heavy atom. The molecule has 8 heteroatoms. The van der Waals surface area contributed by atoms with Crippen LogP contribution in [0.1, 0.15) is 52.4 Å². The van der Waals surface area contributed by atoms with E-state index in [4.69, 9.17) is 11.6 Å². The predicted molar refractivity (Wildman–Crippen MR) is 109 cm³/mol. The van der Waals surface area contributed by atoms with Crippen LogP contribution in [0.5, 0.6) is 0 Å². The molecule has 0 aromatic carbocycles. The van der Waals surface area contributed by atoms with Gasteiger partial charge in [-0.15, -0.1) is 0 Å². The zero-order chi connectivity index (χ0) is 19.1. The van der Waals surface area contributed by atoms with E-state index in [9.17, 15) is 9.59 Å². The summed E-state index contributed by atoms with van der Waals surface area (Å²) in [5.74, 6) is 0.668. The fourth-order valence-electron chi connectivity index (χ4n) is 2.81. The number of unbranched alkanes of at least 4 members (excludes halogenated alkanes) is 5. The molecule has 2 rings (SSSR count). The van der Waals surface area contributed by atoms with Crippen LogP contribution in [0.15, 0.2) is 25.9 Å². The Labute approximate surface area is 162 Å². The van der Waals surface area contributed by atoms with E-state index in [1.807, 2.05) is 17.6 Å². The lowest BCUT2D eigenvalue weighted by atomic mass is 10.1. The summed E-state index contributed by atoms with van der Waals surface area (Å²) in [6.07, 6.45) is 8.95. The van der Waals surface area contributed by atoms with E-state index < -0.39 is 5.69 Å². The summed E-state index contributed by atoms with van der Waals surface area (Å²) < 4.78 is 3.33. The molecule has 0 fully saturated rings. The third-order valence-corrected chi connectivity index (χ3v) is 5.34. The molecule has 0 aliphatic heterocycles. The fourth-order valence-corrected chi connectivity index (χ4v) is 3.95. The molecule has 0 saturated carbocycles. The molecule has 0 radical (unpaired) electrons. The van der Waals surface area contributed by atoms with Crippen molar-refractivity contribution in [3.8, 4) is 0 Å². The number of imidazole rings is 1. The number of aromatic nitrogens is 4. The Hall–Kier alpha value is -1.47. The molecule has 144 valence electrons. The van der Waals surface area contributed by atoms with Crippen molar-refractivity contribution in [3.63, 3.8) is 0 Å². The van der Waals surface area contributed by atoms with E-state index in [1.165, 1.54) is 42.0 Å². The Kier molecular flexibility index (Phi) is 8.03. The van der Waals surface area contributed by atoms with Gasteiger partial charge < -0.3 is 4.57 Å². The monoisotopic (exact) mass is 398 g/mol. The summed E-state index contributed by atoms with van der Waals surface area (Å²) in [5, 5.41) is 1.47. The van der Waals surface area contributed by atoms with Gasteiger partial charge in [-0.2, -0.15) is 0 Å². The number of hydrogen-bond donors (Lipinski definition) is 1. The number of halogens is 1. The second-order valence-electron chi connectivity index (χ2n) is 6.41. The number of thioether (sulfide) groups is 1. The second-order valence-corrected chi connectivity index (χ2v) is 7.99. The standard InChI is InChI=1S/C18H27ClN4O2S/c1-4-5-6-7-8-9-11-23-14-15(22(3)17(25)21-16(14)24)20-18(23)26-12-10-13(2)19/h10H,4-9,11-12H2,1-3H3,(H,21,24,25)/b13-10-. The van der Waals surface area contributed by atoms with Crippen LogP contribution in [0.4, 0.5) is 0 Å². The molecular weight excluding hydrogens is 372 g/mol. The number of hydrogen-bond acceptors (Lipinski definition) is 4. The number of aryl methyl sites for hydroxylation is 2. The van der Waals surface area contributed by atoms with Crippen LogP contribution >= 0.6 is 23.4 Å². The number of rotatable bonds is 10. The Morgan fingerprint density at radius 3 is 2.62 bits per heavy atom. The predicted octanol–water partition coefficient (Wildman–Crippen LogP) is 4.02. The van der Waals surface area contributed by atoms with Crippen molar-refractivity contribution in [1.29, 1.82) is 0 Å². The molecule has 0 atom stereocenters. The molecule has 0 aliphatic carbocycles. The fraction of sp³-hybridized carbons (Fsp3) is 0.611. The van der Waals surface area contributed by atoms with E-state index in [2.05, 4.69) is 16.9 Å². The molecule has 26 heavy (non-hydrogen) atoms. The second kappa shape index (κ2) is 10.0. The van der Waals surface area contributed by atoms with Crippen LogP contribution in [0.2, 0.25) is 0 Å². The van der Waals surface area contributed by atoms with Gasteiger partial charge in [0.1, 0.15) is 0 Å². The molecule has 0 amide bonds. The summed E-state index contributed by atoms with van der Waals surface area (Å²) >= 11 is 7.42. The van der Waals surface area contributed by atoms with E-state index in [-0.39, 0.29) is 5.56 Å². The minimum Gasteiger partial charge on any atom is -0.313 e. The molecular formula is C18H27ClN4O2S. The highest BCUT2D eigenvalue weighted by molar-refractivity contribution is 7.99. The molecule has 0 spiro atoms. The van der Waals surface area contributed by atoms with Crippen LogP contribution in [0, 0.1) is 0 Å². The van der Waals surface area contributed by atoms with Gasteiger partial charge in [-0.25, -0.2) is 9.78 Å².